The highest BCUT2D eigenvalue weighted by Crippen LogP contribution is 2.26. The third-order valence-corrected chi connectivity index (χ3v) is 3.71. The second kappa shape index (κ2) is 4.66. The highest BCUT2D eigenvalue weighted by atomic mass is 79.9. The van der Waals surface area contributed by atoms with Crippen molar-refractivity contribution in [2.24, 2.45) is 5.92 Å². The van der Waals surface area contributed by atoms with Crippen LogP contribution >= 0.6 is 27.5 Å². The Bertz CT molecular complexity index is 361. The van der Waals surface area contributed by atoms with E-state index in [-0.39, 0.29) is 5.82 Å². The number of rotatable bonds is 2. The van der Waals surface area contributed by atoms with Crippen molar-refractivity contribution in [3.05, 3.63) is 23.1 Å². The molecule has 1 aromatic rings. The first-order chi connectivity index (χ1) is 7.20. The first-order valence-corrected chi connectivity index (χ1v) is 6.32. The van der Waals surface area contributed by atoms with Gasteiger partial charge < -0.3 is 4.90 Å². The number of nitrogens with zero attached hydrogens (tertiary/aromatic N) is 2. The van der Waals surface area contributed by atoms with Gasteiger partial charge in [0.2, 0.25) is 0 Å². The molecule has 0 spiro atoms. The molecular weight excluding hydrogens is 282 g/mol. The third-order valence-electron chi connectivity index (χ3n) is 2.59. The third kappa shape index (κ3) is 2.42. The van der Waals surface area contributed by atoms with Gasteiger partial charge in [0, 0.05) is 24.6 Å². The summed E-state index contributed by atoms with van der Waals surface area (Å²) in [6.07, 6.45) is 2.57. The number of alkyl halides is 1. The zero-order valence-electron chi connectivity index (χ0n) is 8.09. The SMILES string of the molecule is Fc1cc(Cl)cnc1N1CCC(CBr)C1. The molecule has 0 aromatic carbocycles. The van der Waals surface area contributed by atoms with Crippen LogP contribution in [0.15, 0.2) is 12.3 Å². The fourth-order valence-electron chi connectivity index (χ4n) is 1.79. The van der Waals surface area contributed by atoms with Gasteiger partial charge in [-0.2, -0.15) is 0 Å². The first-order valence-electron chi connectivity index (χ1n) is 4.82. The Morgan fingerprint density at radius 1 is 1.67 bits per heavy atom. The van der Waals surface area contributed by atoms with Crippen LogP contribution in [0.5, 0.6) is 0 Å². The quantitative estimate of drug-likeness (QED) is 0.779. The number of hydrogen-bond donors (Lipinski definition) is 0. The standard InChI is InChI=1S/C10H11BrClFN2/c11-4-7-1-2-15(6-7)10-9(13)3-8(12)5-14-10/h3,5,7H,1-2,4,6H2. The predicted molar refractivity (Wildman–Crippen MR) is 63.3 cm³/mol. The number of pyridine rings is 1. The van der Waals surface area contributed by atoms with E-state index < -0.39 is 0 Å². The lowest BCUT2D eigenvalue weighted by Crippen LogP contribution is -2.22. The molecule has 1 atom stereocenters. The molecule has 5 heteroatoms. The zero-order chi connectivity index (χ0) is 10.8. The summed E-state index contributed by atoms with van der Waals surface area (Å²) in [6.45, 7) is 1.72. The second-order valence-electron chi connectivity index (χ2n) is 3.71. The molecule has 0 amide bonds. The van der Waals surface area contributed by atoms with E-state index in [1.807, 2.05) is 4.90 Å². The van der Waals surface area contributed by atoms with Crippen molar-refractivity contribution in [1.29, 1.82) is 0 Å². The number of halogens is 3. The minimum absolute atomic E-state index is 0.335. The van der Waals surface area contributed by atoms with Crippen LogP contribution in [-0.2, 0) is 0 Å². The maximum absolute atomic E-state index is 13.5. The topological polar surface area (TPSA) is 16.1 Å². The molecule has 2 rings (SSSR count). The average molecular weight is 294 g/mol. The monoisotopic (exact) mass is 292 g/mol. The summed E-state index contributed by atoms with van der Waals surface area (Å²) in [5.74, 6) is 0.669. The van der Waals surface area contributed by atoms with Crippen LogP contribution in [0, 0.1) is 11.7 Å². The molecule has 0 bridgehead atoms. The van der Waals surface area contributed by atoms with E-state index in [1.54, 1.807) is 0 Å². The molecule has 1 unspecified atom stereocenters. The van der Waals surface area contributed by atoms with Crippen LogP contribution in [0.3, 0.4) is 0 Å². The molecule has 1 aliphatic rings. The van der Waals surface area contributed by atoms with E-state index in [4.69, 9.17) is 11.6 Å². The molecule has 15 heavy (non-hydrogen) atoms. The van der Waals surface area contributed by atoms with Crippen molar-refractivity contribution < 1.29 is 4.39 Å². The Balaban J connectivity index is 2.17. The van der Waals surface area contributed by atoms with Gasteiger partial charge >= 0.3 is 0 Å². The predicted octanol–water partition coefficient (Wildman–Crippen LogP) is 3.10. The molecule has 1 aliphatic heterocycles. The van der Waals surface area contributed by atoms with E-state index >= 15 is 0 Å². The second-order valence-corrected chi connectivity index (χ2v) is 4.80. The van der Waals surface area contributed by atoms with E-state index in [9.17, 15) is 4.39 Å². The Kier molecular flexibility index (Phi) is 3.46. The van der Waals surface area contributed by atoms with Crippen LogP contribution in [-0.4, -0.2) is 23.4 Å². The van der Waals surface area contributed by atoms with Crippen LogP contribution in [0.1, 0.15) is 6.42 Å². The number of aromatic nitrogens is 1. The molecule has 0 saturated carbocycles. The summed E-state index contributed by atoms with van der Waals surface area (Å²) >= 11 is 9.10. The Morgan fingerprint density at radius 2 is 2.47 bits per heavy atom. The van der Waals surface area contributed by atoms with Gasteiger partial charge in [-0.05, 0) is 18.4 Å². The van der Waals surface area contributed by atoms with E-state index in [0.717, 1.165) is 24.8 Å². The van der Waals surface area contributed by atoms with Gasteiger partial charge in [-0.25, -0.2) is 9.37 Å². The lowest BCUT2D eigenvalue weighted by Gasteiger charge is -2.17. The maximum Gasteiger partial charge on any atom is 0.167 e. The molecular formula is C10H11BrClFN2. The van der Waals surface area contributed by atoms with E-state index in [2.05, 4.69) is 20.9 Å². The van der Waals surface area contributed by atoms with Crippen LogP contribution in [0.25, 0.3) is 0 Å². The van der Waals surface area contributed by atoms with Gasteiger partial charge in [-0.3, -0.25) is 0 Å². The van der Waals surface area contributed by atoms with Crippen molar-refractivity contribution in [2.75, 3.05) is 23.3 Å². The highest BCUT2D eigenvalue weighted by molar-refractivity contribution is 9.09. The van der Waals surface area contributed by atoms with Crippen LogP contribution < -0.4 is 4.90 Å². The maximum atomic E-state index is 13.5. The Hall–Kier alpha value is -0.350. The molecule has 0 radical (unpaired) electrons. The largest absolute Gasteiger partial charge is 0.354 e. The van der Waals surface area contributed by atoms with Gasteiger partial charge in [0.1, 0.15) is 0 Å². The summed E-state index contributed by atoms with van der Waals surface area (Å²) in [6, 6.07) is 1.31. The minimum Gasteiger partial charge on any atom is -0.354 e. The lowest BCUT2D eigenvalue weighted by atomic mass is 10.2. The van der Waals surface area contributed by atoms with Gasteiger partial charge in [0.25, 0.3) is 0 Å². The van der Waals surface area contributed by atoms with Crippen molar-refractivity contribution >= 4 is 33.3 Å². The molecule has 0 N–H and O–H groups in total. The number of anilines is 1. The van der Waals surface area contributed by atoms with E-state index in [1.165, 1.54) is 12.3 Å². The average Bonchev–Trinajstić information content (AvgIpc) is 2.66. The highest BCUT2D eigenvalue weighted by Gasteiger charge is 2.24. The molecule has 82 valence electrons. The Morgan fingerprint density at radius 3 is 3.07 bits per heavy atom. The summed E-state index contributed by atoms with van der Waals surface area (Å²) < 4.78 is 13.5. The first kappa shape index (κ1) is 11.1. The van der Waals surface area contributed by atoms with E-state index in [0.29, 0.717) is 16.8 Å². The van der Waals surface area contributed by atoms with Crippen LogP contribution in [0.4, 0.5) is 10.2 Å². The molecule has 1 fully saturated rings. The molecule has 1 saturated heterocycles. The Labute approximate surface area is 102 Å². The zero-order valence-corrected chi connectivity index (χ0v) is 10.4. The van der Waals surface area contributed by atoms with Gasteiger partial charge in [0.15, 0.2) is 11.6 Å². The summed E-state index contributed by atoms with van der Waals surface area (Å²) in [4.78, 5) is 6.00. The summed E-state index contributed by atoms with van der Waals surface area (Å²) in [5, 5.41) is 1.30. The van der Waals surface area contributed by atoms with Gasteiger partial charge in [-0.15, -0.1) is 0 Å². The minimum atomic E-state index is -0.335. The fourth-order valence-corrected chi connectivity index (χ4v) is 2.46. The lowest BCUT2D eigenvalue weighted by molar-refractivity contribution is 0.613. The number of hydrogen-bond acceptors (Lipinski definition) is 2. The van der Waals surface area contributed by atoms with Crippen molar-refractivity contribution in [1.82, 2.24) is 4.98 Å². The van der Waals surface area contributed by atoms with Crippen molar-refractivity contribution in [3.8, 4) is 0 Å². The van der Waals surface area contributed by atoms with Gasteiger partial charge in [0.05, 0.1) is 5.02 Å². The smallest absolute Gasteiger partial charge is 0.167 e. The summed E-state index contributed by atoms with van der Waals surface area (Å²) in [7, 11) is 0. The summed E-state index contributed by atoms with van der Waals surface area (Å²) in [5.41, 5.74) is 0. The van der Waals surface area contributed by atoms with Gasteiger partial charge in [-0.1, -0.05) is 27.5 Å². The van der Waals surface area contributed by atoms with Crippen LogP contribution in [0.2, 0.25) is 5.02 Å². The normalized spacial score (nSPS) is 21.0. The molecule has 2 heterocycles. The molecule has 2 nitrogen and oxygen atoms in total. The van der Waals surface area contributed by atoms with Crippen molar-refractivity contribution in [3.63, 3.8) is 0 Å². The molecule has 1 aromatic heterocycles. The van der Waals surface area contributed by atoms with Crippen molar-refractivity contribution in [2.45, 2.75) is 6.42 Å². The molecule has 0 aliphatic carbocycles. The fraction of sp³-hybridized carbons (Fsp3) is 0.500.